The van der Waals surface area contributed by atoms with Crippen LogP contribution in [0.1, 0.15) is 29.6 Å². The number of hydrogen-bond donors (Lipinski definition) is 1. The number of hydrogen-bond acceptors (Lipinski definition) is 4. The van der Waals surface area contributed by atoms with Crippen molar-refractivity contribution in [2.24, 2.45) is 0 Å². The number of anilines is 1. The number of carbonyl (C=O) groups excluding carboxylic acids is 1. The highest BCUT2D eigenvalue weighted by Crippen LogP contribution is 2.20. The summed E-state index contributed by atoms with van der Waals surface area (Å²) in [6, 6.07) is 4.59. The fourth-order valence-electron chi connectivity index (χ4n) is 2.58. The molecular weight excluding hydrogens is 259 g/mol. The molecule has 20 heavy (non-hydrogen) atoms. The quantitative estimate of drug-likeness (QED) is 0.861. The molecule has 0 aromatic heterocycles. The van der Waals surface area contributed by atoms with Crippen LogP contribution in [-0.2, 0) is 4.74 Å². The predicted molar refractivity (Wildman–Crippen MR) is 76.5 cm³/mol. The molecule has 1 aromatic carbocycles. The third kappa shape index (κ3) is 3.48. The lowest BCUT2D eigenvalue weighted by Crippen LogP contribution is -2.40. The standard InChI is InChI=1S/C15H21FN2O2/c1-18-8-4-3-5-12(18)10-17-14-7-6-11(16)9-13(14)15(19)20-2/h6-7,9,12,17H,3-5,8,10H2,1-2H3. The van der Waals surface area contributed by atoms with Gasteiger partial charge in [-0.15, -0.1) is 0 Å². The summed E-state index contributed by atoms with van der Waals surface area (Å²) < 4.78 is 17.9. The van der Waals surface area contributed by atoms with E-state index in [0.29, 0.717) is 11.7 Å². The zero-order valence-corrected chi connectivity index (χ0v) is 12.0. The Morgan fingerprint density at radius 3 is 3.00 bits per heavy atom. The van der Waals surface area contributed by atoms with Gasteiger partial charge in [-0.1, -0.05) is 6.42 Å². The van der Waals surface area contributed by atoms with E-state index in [1.165, 1.54) is 32.1 Å². The highest BCUT2D eigenvalue weighted by molar-refractivity contribution is 5.95. The fraction of sp³-hybridized carbons (Fsp3) is 0.533. The lowest BCUT2D eigenvalue weighted by Gasteiger charge is -2.32. The Bertz CT molecular complexity index is 479. The average molecular weight is 280 g/mol. The normalized spacial score (nSPS) is 19.6. The van der Waals surface area contributed by atoms with Crippen LogP contribution in [0.2, 0.25) is 0 Å². The van der Waals surface area contributed by atoms with E-state index in [-0.39, 0.29) is 5.56 Å². The number of rotatable bonds is 4. The lowest BCUT2D eigenvalue weighted by atomic mass is 10.0. The third-order valence-electron chi connectivity index (χ3n) is 3.84. The zero-order chi connectivity index (χ0) is 14.5. The Kier molecular flexibility index (Phi) is 4.95. The van der Waals surface area contributed by atoms with Gasteiger partial charge in [0, 0.05) is 18.3 Å². The maximum Gasteiger partial charge on any atom is 0.340 e. The van der Waals surface area contributed by atoms with Crippen LogP contribution in [0.15, 0.2) is 18.2 Å². The Morgan fingerprint density at radius 1 is 1.50 bits per heavy atom. The molecule has 0 saturated carbocycles. The number of likely N-dealkylation sites (N-methyl/N-ethyl adjacent to an activating group) is 1. The number of halogens is 1. The molecule has 0 amide bonds. The molecule has 0 aliphatic carbocycles. The zero-order valence-electron chi connectivity index (χ0n) is 12.0. The molecule has 1 aliphatic heterocycles. The van der Waals surface area contributed by atoms with Crippen LogP contribution in [-0.4, -0.2) is 44.2 Å². The highest BCUT2D eigenvalue weighted by Gasteiger charge is 2.20. The van der Waals surface area contributed by atoms with E-state index < -0.39 is 11.8 Å². The minimum Gasteiger partial charge on any atom is -0.465 e. The summed E-state index contributed by atoms with van der Waals surface area (Å²) in [6.45, 7) is 1.84. The first-order chi connectivity index (χ1) is 9.61. The number of nitrogens with one attached hydrogen (secondary N) is 1. The van der Waals surface area contributed by atoms with Gasteiger partial charge in [-0.3, -0.25) is 0 Å². The van der Waals surface area contributed by atoms with Crippen LogP contribution in [0.4, 0.5) is 10.1 Å². The van der Waals surface area contributed by atoms with Gasteiger partial charge in [0.15, 0.2) is 0 Å². The fourth-order valence-corrected chi connectivity index (χ4v) is 2.58. The van der Waals surface area contributed by atoms with Crippen LogP contribution < -0.4 is 5.32 Å². The number of ether oxygens (including phenoxy) is 1. The summed E-state index contributed by atoms with van der Waals surface area (Å²) in [5.41, 5.74) is 0.864. The number of methoxy groups -OCH3 is 1. The molecule has 1 saturated heterocycles. The Hall–Kier alpha value is -1.62. The number of nitrogens with zero attached hydrogens (tertiary/aromatic N) is 1. The summed E-state index contributed by atoms with van der Waals surface area (Å²) in [4.78, 5) is 14.0. The van der Waals surface area contributed by atoms with Crippen molar-refractivity contribution in [3.05, 3.63) is 29.6 Å². The van der Waals surface area contributed by atoms with Crippen molar-refractivity contribution < 1.29 is 13.9 Å². The molecule has 1 N–H and O–H groups in total. The van der Waals surface area contributed by atoms with Crippen LogP contribution in [0.25, 0.3) is 0 Å². The Morgan fingerprint density at radius 2 is 2.30 bits per heavy atom. The van der Waals surface area contributed by atoms with Gasteiger partial charge in [0.05, 0.1) is 12.7 Å². The molecule has 1 aromatic rings. The maximum atomic E-state index is 13.3. The van der Waals surface area contributed by atoms with Gasteiger partial charge in [-0.25, -0.2) is 9.18 Å². The number of likely N-dealkylation sites (tertiary alicyclic amines) is 1. The van der Waals surface area contributed by atoms with Crippen LogP contribution in [0, 0.1) is 5.82 Å². The van der Waals surface area contributed by atoms with Gasteiger partial charge < -0.3 is 15.0 Å². The van der Waals surface area contributed by atoms with Gasteiger partial charge in [-0.05, 0) is 44.6 Å². The number of carbonyl (C=O) groups is 1. The van der Waals surface area contributed by atoms with E-state index in [4.69, 9.17) is 0 Å². The monoisotopic (exact) mass is 280 g/mol. The largest absolute Gasteiger partial charge is 0.465 e. The lowest BCUT2D eigenvalue weighted by molar-refractivity contribution is 0.0601. The van der Waals surface area contributed by atoms with Crippen molar-refractivity contribution >= 4 is 11.7 Å². The van der Waals surface area contributed by atoms with Crippen LogP contribution in [0.5, 0.6) is 0 Å². The molecule has 1 unspecified atom stereocenters. The first-order valence-corrected chi connectivity index (χ1v) is 6.94. The van der Waals surface area contributed by atoms with Crippen molar-refractivity contribution in [2.75, 3.05) is 32.6 Å². The third-order valence-corrected chi connectivity index (χ3v) is 3.84. The number of piperidine rings is 1. The smallest absolute Gasteiger partial charge is 0.340 e. The van der Waals surface area contributed by atoms with E-state index >= 15 is 0 Å². The topological polar surface area (TPSA) is 41.6 Å². The molecule has 0 bridgehead atoms. The second-order valence-electron chi connectivity index (χ2n) is 5.19. The van der Waals surface area contributed by atoms with Crippen LogP contribution >= 0.6 is 0 Å². The molecule has 1 heterocycles. The summed E-state index contributed by atoms with van der Waals surface area (Å²) >= 11 is 0. The van der Waals surface area contributed by atoms with Gasteiger partial charge in [0.25, 0.3) is 0 Å². The Labute approximate surface area is 118 Å². The average Bonchev–Trinajstić information content (AvgIpc) is 2.46. The summed E-state index contributed by atoms with van der Waals surface area (Å²) in [5.74, 6) is -0.963. The van der Waals surface area contributed by atoms with E-state index in [1.807, 2.05) is 0 Å². The molecule has 0 radical (unpaired) electrons. The summed E-state index contributed by atoms with van der Waals surface area (Å²) in [7, 11) is 3.41. The molecular formula is C15H21FN2O2. The predicted octanol–water partition coefficient (Wildman–Crippen LogP) is 2.51. The van der Waals surface area contributed by atoms with Crippen molar-refractivity contribution in [2.45, 2.75) is 25.3 Å². The van der Waals surface area contributed by atoms with Crippen molar-refractivity contribution in [1.82, 2.24) is 4.90 Å². The van der Waals surface area contributed by atoms with Gasteiger partial charge in [0.1, 0.15) is 5.82 Å². The molecule has 1 aliphatic rings. The Balaban J connectivity index is 2.06. The summed E-state index contributed by atoms with van der Waals surface area (Å²) in [5, 5.41) is 3.25. The minimum absolute atomic E-state index is 0.242. The van der Waals surface area contributed by atoms with Gasteiger partial charge >= 0.3 is 5.97 Å². The molecule has 1 fully saturated rings. The molecule has 1 atom stereocenters. The first kappa shape index (κ1) is 14.8. The minimum atomic E-state index is -0.524. The van der Waals surface area contributed by atoms with E-state index in [2.05, 4.69) is 22.0 Å². The van der Waals surface area contributed by atoms with Crippen molar-refractivity contribution in [3.8, 4) is 0 Å². The number of benzene rings is 1. The molecule has 4 nitrogen and oxygen atoms in total. The van der Waals surface area contributed by atoms with Gasteiger partial charge in [-0.2, -0.15) is 0 Å². The van der Waals surface area contributed by atoms with Crippen molar-refractivity contribution in [1.29, 1.82) is 0 Å². The maximum absolute atomic E-state index is 13.3. The molecule has 110 valence electrons. The summed E-state index contributed by atoms with van der Waals surface area (Å²) in [6.07, 6.45) is 3.60. The number of esters is 1. The van der Waals surface area contributed by atoms with E-state index in [0.717, 1.165) is 19.5 Å². The second-order valence-corrected chi connectivity index (χ2v) is 5.19. The SMILES string of the molecule is COC(=O)c1cc(F)ccc1NCC1CCCCN1C. The van der Waals surface area contributed by atoms with Crippen molar-refractivity contribution in [3.63, 3.8) is 0 Å². The second kappa shape index (κ2) is 6.70. The molecule has 5 heteroatoms. The molecule has 2 rings (SSSR count). The van der Waals surface area contributed by atoms with Crippen LogP contribution in [0.3, 0.4) is 0 Å². The highest BCUT2D eigenvalue weighted by atomic mass is 19.1. The van der Waals surface area contributed by atoms with Gasteiger partial charge in [0.2, 0.25) is 0 Å². The van der Waals surface area contributed by atoms with E-state index in [9.17, 15) is 9.18 Å². The first-order valence-electron chi connectivity index (χ1n) is 6.94. The molecule has 0 spiro atoms. The van der Waals surface area contributed by atoms with E-state index in [1.54, 1.807) is 6.07 Å².